The molecule has 35 heavy (non-hydrogen) atoms. The number of nitrogens with one attached hydrogen (secondary N) is 2. The molecule has 1 aliphatic carbocycles. The van der Waals surface area contributed by atoms with Crippen molar-refractivity contribution >= 4 is 11.8 Å². The minimum atomic E-state index is -1.34. The molecular formula is C26H34F2N4O3. The molecule has 0 aliphatic heterocycles. The van der Waals surface area contributed by atoms with Gasteiger partial charge in [-0.25, -0.2) is 8.78 Å². The summed E-state index contributed by atoms with van der Waals surface area (Å²) in [5.74, 6) is -1.92. The summed E-state index contributed by atoms with van der Waals surface area (Å²) in [4.78, 5) is 25.0. The molecule has 190 valence electrons. The number of carbonyl (C=O) groups is 2. The summed E-state index contributed by atoms with van der Waals surface area (Å²) in [7, 11) is 0. The first-order valence-corrected chi connectivity index (χ1v) is 12.0. The lowest BCUT2D eigenvalue weighted by Gasteiger charge is -2.31. The Kier molecular flexibility index (Phi) is 9.71. The number of hydrogen-bond donors (Lipinski definition) is 5. The molecule has 7 nitrogen and oxygen atoms in total. The standard InChI is InChI=1S/C26H34F2N4O3/c27-18-9-10-22(28)17(12-18)13-19(29)14-24(33)31-20-7-4-8-21(15-20)32-26(35)25(34)23(30)11-16-5-2-1-3-6-16/h1-3,5-6,9-10,12,19-21,23,25,34H,4,7-8,11,13-15,29-30H2,(H,31,33)(H,32,35). The maximum atomic E-state index is 13.8. The van der Waals surface area contributed by atoms with Crippen LogP contribution < -0.4 is 22.1 Å². The quantitative estimate of drug-likeness (QED) is 0.348. The molecule has 5 unspecified atom stereocenters. The molecule has 0 spiro atoms. The normalized spacial score (nSPS) is 20.5. The third-order valence-electron chi connectivity index (χ3n) is 6.31. The molecule has 1 fully saturated rings. The second kappa shape index (κ2) is 12.7. The van der Waals surface area contributed by atoms with Gasteiger partial charge in [-0.2, -0.15) is 0 Å². The van der Waals surface area contributed by atoms with Gasteiger partial charge in [-0.15, -0.1) is 0 Å². The summed E-state index contributed by atoms with van der Waals surface area (Å²) in [6, 6.07) is 10.8. The molecule has 2 aromatic rings. The molecule has 2 aromatic carbocycles. The van der Waals surface area contributed by atoms with Gasteiger partial charge in [-0.3, -0.25) is 9.59 Å². The predicted octanol–water partition coefficient (Wildman–Crippen LogP) is 1.70. The number of carbonyl (C=O) groups excluding carboxylic acids is 2. The van der Waals surface area contributed by atoms with E-state index in [2.05, 4.69) is 10.6 Å². The molecule has 9 heteroatoms. The Hall–Kier alpha value is -2.88. The Balaban J connectivity index is 1.43. The van der Waals surface area contributed by atoms with Gasteiger partial charge in [0.1, 0.15) is 17.7 Å². The van der Waals surface area contributed by atoms with E-state index in [1.165, 1.54) is 0 Å². The first kappa shape index (κ1) is 26.7. The monoisotopic (exact) mass is 488 g/mol. The van der Waals surface area contributed by atoms with E-state index in [1.54, 1.807) is 0 Å². The van der Waals surface area contributed by atoms with Crippen LogP contribution in [0.2, 0.25) is 0 Å². The van der Waals surface area contributed by atoms with Crippen molar-refractivity contribution in [1.82, 2.24) is 10.6 Å². The van der Waals surface area contributed by atoms with E-state index in [0.29, 0.717) is 12.8 Å². The summed E-state index contributed by atoms with van der Waals surface area (Å²) in [6.07, 6.45) is 1.84. The van der Waals surface area contributed by atoms with Crippen LogP contribution in [0.15, 0.2) is 48.5 Å². The van der Waals surface area contributed by atoms with Gasteiger partial charge in [-0.05, 0) is 67.9 Å². The average molecular weight is 489 g/mol. The SMILES string of the molecule is NC(CC(=O)NC1CCCC(NC(=O)C(O)C(N)Cc2ccccc2)C1)Cc1cc(F)ccc1F. The van der Waals surface area contributed by atoms with Crippen molar-refractivity contribution in [1.29, 1.82) is 0 Å². The first-order chi connectivity index (χ1) is 16.7. The maximum Gasteiger partial charge on any atom is 0.250 e. The molecular weight excluding hydrogens is 454 g/mol. The molecule has 0 bridgehead atoms. The van der Waals surface area contributed by atoms with Crippen molar-refractivity contribution in [3.63, 3.8) is 0 Å². The molecule has 3 rings (SSSR count). The molecule has 1 aliphatic rings. The summed E-state index contributed by atoms with van der Waals surface area (Å²) < 4.78 is 27.2. The lowest BCUT2D eigenvalue weighted by molar-refractivity contribution is -0.131. The highest BCUT2D eigenvalue weighted by Crippen LogP contribution is 2.20. The van der Waals surface area contributed by atoms with Crippen LogP contribution in [-0.4, -0.2) is 47.2 Å². The Morgan fingerprint density at radius 2 is 1.69 bits per heavy atom. The largest absolute Gasteiger partial charge is 0.382 e. The number of amides is 2. The smallest absolute Gasteiger partial charge is 0.250 e. The van der Waals surface area contributed by atoms with Crippen molar-refractivity contribution in [3.8, 4) is 0 Å². The van der Waals surface area contributed by atoms with Crippen LogP contribution in [0, 0.1) is 11.6 Å². The van der Waals surface area contributed by atoms with Gasteiger partial charge in [0, 0.05) is 30.6 Å². The second-order valence-electron chi connectivity index (χ2n) is 9.34. The number of aliphatic hydroxyl groups excluding tert-OH is 1. The van der Waals surface area contributed by atoms with E-state index in [9.17, 15) is 23.5 Å². The van der Waals surface area contributed by atoms with Gasteiger partial charge >= 0.3 is 0 Å². The van der Waals surface area contributed by atoms with Crippen LogP contribution in [0.4, 0.5) is 8.78 Å². The second-order valence-corrected chi connectivity index (χ2v) is 9.34. The van der Waals surface area contributed by atoms with E-state index >= 15 is 0 Å². The lowest BCUT2D eigenvalue weighted by Crippen LogP contribution is -2.52. The predicted molar refractivity (Wildman–Crippen MR) is 129 cm³/mol. The number of hydrogen-bond acceptors (Lipinski definition) is 5. The average Bonchev–Trinajstić information content (AvgIpc) is 2.81. The number of benzene rings is 2. The molecule has 0 radical (unpaired) electrons. The lowest BCUT2D eigenvalue weighted by atomic mass is 9.90. The molecule has 1 saturated carbocycles. The van der Waals surface area contributed by atoms with Crippen LogP contribution in [0.5, 0.6) is 0 Å². The number of nitrogens with two attached hydrogens (primary N) is 2. The maximum absolute atomic E-state index is 13.8. The highest BCUT2D eigenvalue weighted by Gasteiger charge is 2.29. The van der Waals surface area contributed by atoms with E-state index in [4.69, 9.17) is 11.5 Å². The van der Waals surface area contributed by atoms with Crippen LogP contribution in [-0.2, 0) is 22.4 Å². The first-order valence-electron chi connectivity index (χ1n) is 12.0. The third-order valence-corrected chi connectivity index (χ3v) is 6.31. The molecule has 0 aromatic heterocycles. The van der Waals surface area contributed by atoms with Gasteiger partial charge in [0.2, 0.25) is 5.91 Å². The van der Waals surface area contributed by atoms with Crippen molar-refractivity contribution in [3.05, 3.63) is 71.3 Å². The van der Waals surface area contributed by atoms with Crippen LogP contribution in [0.1, 0.15) is 43.2 Å². The molecule has 0 saturated heterocycles. The highest BCUT2D eigenvalue weighted by atomic mass is 19.1. The Labute approximate surface area is 204 Å². The fourth-order valence-electron chi connectivity index (χ4n) is 4.51. The minimum Gasteiger partial charge on any atom is -0.382 e. The minimum absolute atomic E-state index is 0.0312. The van der Waals surface area contributed by atoms with Gasteiger partial charge in [-0.1, -0.05) is 30.3 Å². The van der Waals surface area contributed by atoms with Gasteiger partial charge in [0.05, 0.1) is 0 Å². The Morgan fingerprint density at radius 1 is 1.00 bits per heavy atom. The molecule has 2 amide bonds. The van der Waals surface area contributed by atoms with Crippen molar-refractivity contribution in [2.75, 3.05) is 0 Å². The van der Waals surface area contributed by atoms with E-state index in [0.717, 1.165) is 43.0 Å². The van der Waals surface area contributed by atoms with E-state index in [1.807, 2.05) is 30.3 Å². The van der Waals surface area contributed by atoms with Gasteiger partial charge in [0.25, 0.3) is 5.91 Å². The summed E-state index contributed by atoms with van der Waals surface area (Å²) in [5, 5.41) is 16.2. The third kappa shape index (κ3) is 8.38. The fraction of sp³-hybridized carbons (Fsp3) is 0.462. The molecule has 5 atom stereocenters. The zero-order valence-corrected chi connectivity index (χ0v) is 19.6. The van der Waals surface area contributed by atoms with Crippen molar-refractivity contribution < 1.29 is 23.5 Å². The molecule has 7 N–H and O–H groups in total. The fourth-order valence-corrected chi connectivity index (χ4v) is 4.51. The van der Waals surface area contributed by atoms with E-state index < -0.39 is 35.7 Å². The van der Waals surface area contributed by atoms with E-state index in [-0.39, 0.29) is 36.4 Å². The number of halogens is 2. The van der Waals surface area contributed by atoms with Crippen LogP contribution in [0.3, 0.4) is 0 Å². The van der Waals surface area contributed by atoms with Gasteiger partial charge < -0.3 is 27.2 Å². The van der Waals surface area contributed by atoms with Crippen molar-refractivity contribution in [2.45, 2.75) is 75.2 Å². The van der Waals surface area contributed by atoms with Crippen molar-refractivity contribution in [2.24, 2.45) is 11.5 Å². The topological polar surface area (TPSA) is 130 Å². The van der Waals surface area contributed by atoms with Crippen LogP contribution >= 0.6 is 0 Å². The zero-order chi connectivity index (χ0) is 25.4. The summed E-state index contributed by atoms with van der Waals surface area (Å²) in [6.45, 7) is 0. The zero-order valence-electron chi connectivity index (χ0n) is 19.6. The Bertz CT molecular complexity index is 992. The van der Waals surface area contributed by atoms with Gasteiger partial charge in [0.15, 0.2) is 0 Å². The van der Waals surface area contributed by atoms with Crippen LogP contribution in [0.25, 0.3) is 0 Å². The summed E-state index contributed by atoms with van der Waals surface area (Å²) >= 11 is 0. The molecule has 0 heterocycles. The number of rotatable bonds is 10. The highest BCUT2D eigenvalue weighted by molar-refractivity contribution is 5.81. The number of aliphatic hydroxyl groups is 1. The summed E-state index contributed by atoms with van der Waals surface area (Å²) in [5.41, 5.74) is 13.1. The Morgan fingerprint density at radius 3 is 2.40 bits per heavy atom.